The van der Waals surface area contributed by atoms with Crippen LogP contribution < -0.4 is 0 Å². The fraction of sp³-hybridized carbons (Fsp3) is 0.318. The summed E-state index contributed by atoms with van der Waals surface area (Å²) >= 11 is 0. The predicted molar refractivity (Wildman–Crippen MR) is 107 cm³/mol. The second-order valence-electron chi connectivity index (χ2n) is 8.19. The van der Waals surface area contributed by atoms with Crippen LogP contribution in [0.3, 0.4) is 0 Å². The van der Waals surface area contributed by atoms with Crippen molar-refractivity contribution >= 4 is 22.5 Å². The molecule has 0 unspecified atom stereocenters. The Morgan fingerprint density at radius 1 is 1.32 bits per heavy atom. The molecule has 6 nitrogen and oxygen atoms in total. The summed E-state index contributed by atoms with van der Waals surface area (Å²) in [7, 11) is 0. The fourth-order valence-corrected chi connectivity index (χ4v) is 3.02. The first-order valence-corrected chi connectivity index (χ1v) is 9.34. The minimum absolute atomic E-state index is 0.0137. The van der Waals surface area contributed by atoms with E-state index in [4.69, 9.17) is 4.98 Å². The Bertz CT molecular complexity index is 1140. The summed E-state index contributed by atoms with van der Waals surface area (Å²) in [6, 6.07) is 5.94. The number of allylic oxidation sites excluding steroid dienone is 2. The normalized spacial score (nSPS) is 14.9. The van der Waals surface area contributed by atoms with Gasteiger partial charge < -0.3 is 4.98 Å². The quantitative estimate of drug-likeness (QED) is 0.535. The van der Waals surface area contributed by atoms with E-state index in [-0.39, 0.29) is 5.78 Å². The van der Waals surface area contributed by atoms with E-state index in [0.717, 1.165) is 18.4 Å². The molecule has 4 rings (SSSR count). The first kappa shape index (κ1) is 18.1. The van der Waals surface area contributed by atoms with Gasteiger partial charge in [0.1, 0.15) is 11.6 Å². The monoisotopic (exact) mass is 371 g/mol. The molecule has 0 bridgehead atoms. The third-order valence-corrected chi connectivity index (χ3v) is 4.78. The van der Waals surface area contributed by atoms with Crippen LogP contribution in [0.25, 0.3) is 28.0 Å². The number of ketones is 1. The van der Waals surface area contributed by atoms with Crippen LogP contribution in [0.5, 0.6) is 0 Å². The largest absolute Gasteiger partial charge is 0.344 e. The van der Waals surface area contributed by atoms with Gasteiger partial charge in [-0.05, 0) is 30.9 Å². The number of aromatic amines is 1. The molecule has 0 aliphatic heterocycles. The lowest BCUT2D eigenvalue weighted by atomic mass is 9.87. The number of hydrogen-bond donors (Lipinski definition) is 1. The third-order valence-electron chi connectivity index (χ3n) is 4.78. The summed E-state index contributed by atoms with van der Waals surface area (Å²) in [6.45, 7) is 5.66. The Balaban J connectivity index is 1.77. The van der Waals surface area contributed by atoms with Crippen LogP contribution in [-0.2, 0) is 0 Å². The molecule has 140 valence electrons. The molecule has 0 saturated heterocycles. The van der Waals surface area contributed by atoms with Gasteiger partial charge in [0.05, 0.1) is 28.7 Å². The molecule has 3 aromatic rings. The van der Waals surface area contributed by atoms with Crippen LogP contribution in [0.4, 0.5) is 0 Å². The second-order valence-corrected chi connectivity index (χ2v) is 8.19. The Morgan fingerprint density at radius 2 is 2.11 bits per heavy atom. The molecular weight excluding hydrogens is 350 g/mol. The highest BCUT2D eigenvalue weighted by Crippen LogP contribution is 2.33. The van der Waals surface area contributed by atoms with E-state index in [1.165, 1.54) is 0 Å². The molecular formula is C22H21N5O. The van der Waals surface area contributed by atoms with Gasteiger partial charge in [-0.1, -0.05) is 26.8 Å². The van der Waals surface area contributed by atoms with Gasteiger partial charge in [0.25, 0.3) is 0 Å². The molecule has 28 heavy (non-hydrogen) atoms. The van der Waals surface area contributed by atoms with Gasteiger partial charge in [-0.15, -0.1) is 0 Å². The number of nitrogens with zero attached hydrogens (tertiary/aromatic N) is 4. The molecule has 1 fully saturated rings. The summed E-state index contributed by atoms with van der Waals surface area (Å²) in [5.41, 5.74) is 3.84. The van der Waals surface area contributed by atoms with Crippen LogP contribution in [0.2, 0.25) is 0 Å². The zero-order valence-corrected chi connectivity index (χ0v) is 16.2. The summed E-state index contributed by atoms with van der Waals surface area (Å²) in [5, 5.41) is 9.48. The van der Waals surface area contributed by atoms with E-state index < -0.39 is 5.41 Å². The van der Waals surface area contributed by atoms with Crippen LogP contribution in [0.15, 0.2) is 36.8 Å². The molecule has 0 amide bonds. The summed E-state index contributed by atoms with van der Waals surface area (Å²) in [5.74, 6) is 0.502. The average Bonchev–Trinajstić information content (AvgIpc) is 3.41. The van der Waals surface area contributed by atoms with Gasteiger partial charge in [-0.2, -0.15) is 5.26 Å². The lowest BCUT2D eigenvalue weighted by Gasteiger charge is -2.15. The lowest BCUT2D eigenvalue weighted by molar-refractivity contribution is 0.0860. The number of Topliss-reactive ketones (excluding diaryl/α,β-unsaturated/α-hetero) is 1. The number of nitriles is 1. The molecule has 1 aliphatic carbocycles. The van der Waals surface area contributed by atoms with Crippen molar-refractivity contribution in [2.45, 2.75) is 33.6 Å². The molecule has 3 heterocycles. The number of carbonyl (C=O) groups is 1. The first-order valence-electron chi connectivity index (χ1n) is 9.34. The van der Waals surface area contributed by atoms with Gasteiger partial charge in [-0.3, -0.25) is 9.78 Å². The third kappa shape index (κ3) is 3.44. The van der Waals surface area contributed by atoms with Gasteiger partial charge >= 0.3 is 0 Å². The highest BCUT2D eigenvalue weighted by molar-refractivity contribution is 6.08. The van der Waals surface area contributed by atoms with Gasteiger partial charge in [0.2, 0.25) is 0 Å². The Labute approximate surface area is 163 Å². The van der Waals surface area contributed by atoms with E-state index in [9.17, 15) is 10.1 Å². The van der Waals surface area contributed by atoms with E-state index in [1.54, 1.807) is 18.6 Å². The molecule has 1 saturated carbocycles. The van der Waals surface area contributed by atoms with Crippen molar-refractivity contribution in [1.82, 2.24) is 19.9 Å². The van der Waals surface area contributed by atoms with Crippen LogP contribution in [0.1, 0.15) is 49.7 Å². The molecule has 3 aromatic heterocycles. The van der Waals surface area contributed by atoms with E-state index in [0.29, 0.717) is 39.6 Å². The van der Waals surface area contributed by atoms with Crippen molar-refractivity contribution in [3.8, 4) is 17.3 Å². The number of fused-ring (bicyclic) bond motifs is 1. The molecule has 0 aromatic carbocycles. The predicted octanol–water partition coefficient (Wildman–Crippen LogP) is 4.57. The maximum atomic E-state index is 12.7. The summed E-state index contributed by atoms with van der Waals surface area (Å²) in [6.07, 6.45) is 9.27. The van der Waals surface area contributed by atoms with E-state index >= 15 is 0 Å². The highest BCUT2D eigenvalue weighted by Gasteiger charge is 2.26. The van der Waals surface area contributed by atoms with Gasteiger partial charge in [0, 0.05) is 23.4 Å². The topological polar surface area (TPSA) is 95.3 Å². The van der Waals surface area contributed by atoms with E-state index in [2.05, 4.69) is 21.0 Å². The van der Waals surface area contributed by atoms with Crippen LogP contribution in [-0.4, -0.2) is 25.7 Å². The fourth-order valence-electron chi connectivity index (χ4n) is 3.02. The number of aromatic nitrogens is 4. The molecule has 0 radical (unpaired) electrons. The average molecular weight is 371 g/mol. The minimum Gasteiger partial charge on any atom is -0.344 e. The first-order chi connectivity index (χ1) is 13.4. The lowest BCUT2D eigenvalue weighted by Crippen LogP contribution is -2.20. The maximum absolute atomic E-state index is 12.7. The van der Waals surface area contributed by atoms with Crippen molar-refractivity contribution in [3.05, 3.63) is 48.1 Å². The highest BCUT2D eigenvalue weighted by atomic mass is 16.1. The standard InChI is InChI=1S/C22H21N5O/c1-22(2,3)20(28)16-11-25-21-19(16)27-18(12-26-21)14-6-7-24-17(9-14)15(10-23)8-13-4-5-13/h6-9,11-13H,4-5H2,1-3H3,(H,25,26)/b15-8-. The number of pyridine rings is 1. The van der Waals surface area contributed by atoms with Crippen molar-refractivity contribution in [3.63, 3.8) is 0 Å². The van der Waals surface area contributed by atoms with Crippen LogP contribution >= 0.6 is 0 Å². The molecule has 0 spiro atoms. The zero-order chi connectivity index (χ0) is 19.9. The number of H-pyrrole nitrogens is 1. The minimum atomic E-state index is -0.508. The molecule has 0 atom stereocenters. The van der Waals surface area contributed by atoms with Crippen molar-refractivity contribution < 1.29 is 4.79 Å². The molecule has 1 N–H and O–H groups in total. The smallest absolute Gasteiger partial charge is 0.171 e. The van der Waals surface area contributed by atoms with Gasteiger partial charge in [0.15, 0.2) is 11.4 Å². The summed E-state index contributed by atoms with van der Waals surface area (Å²) < 4.78 is 0. The SMILES string of the molecule is CC(C)(C)C(=O)c1c[nH]c2ncc(-c3ccnc(/C(C#N)=C\C4CC4)c3)nc12. The van der Waals surface area contributed by atoms with E-state index in [1.807, 2.05) is 39.0 Å². The maximum Gasteiger partial charge on any atom is 0.171 e. The van der Waals surface area contributed by atoms with Crippen molar-refractivity contribution in [2.75, 3.05) is 0 Å². The second kappa shape index (κ2) is 6.68. The number of hydrogen-bond acceptors (Lipinski definition) is 5. The Kier molecular flexibility index (Phi) is 4.31. The molecule has 1 aliphatic rings. The van der Waals surface area contributed by atoms with Crippen LogP contribution in [0, 0.1) is 22.7 Å². The Morgan fingerprint density at radius 3 is 2.79 bits per heavy atom. The Hall–Kier alpha value is -3.33. The number of nitrogens with one attached hydrogen (secondary N) is 1. The van der Waals surface area contributed by atoms with Gasteiger partial charge in [-0.25, -0.2) is 9.97 Å². The summed E-state index contributed by atoms with van der Waals surface area (Å²) in [4.78, 5) is 29.2. The zero-order valence-electron chi connectivity index (χ0n) is 16.2. The van der Waals surface area contributed by atoms with Crippen molar-refractivity contribution in [1.29, 1.82) is 5.26 Å². The molecule has 6 heteroatoms. The van der Waals surface area contributed by atoms with Crippen molar-refractivity contribution in [2.24, 2.45) is 11.3 Å². The number of rotatable bonds is 4. The number of carbonyl (C=O) groups excluding carboxylic acids is 1.